The van der Waals surface area contributed by atoms with E-state index in [2.05, 4.69) is 9.62 Å². The van der Waals surface area contributed by atoms with Gasteiger partial charge in [-0.3, -0.25) is 4.90 Å². The summed E-state index contributed by atoms with van der Waals surface area (Å²) in [7, 11) is -3.62. The lowest BCUT2D eigenvalue weighted by Crippen LogP contribution is -2.53. The molecule has 2 aliphatic rings. The second-order valence-electron chi connectivity index (χ2n) is 7.07. The molecule has 1 aromatic carbocycles. The van der Waals surface area contributed by atoms with Gasteiger partial charge in [0.15, 0.2) is 0 Å². The zero-order valence-electron chi connectivity index (χ0n) is 16.9. The Kier molecular flexibility index (Phi) is 7.84. The molecule has 1 amide bonds. The Bertz CT molecular complexity index is 775. The van der Waals surface area contributed by atoms with Crippen LogP contribution >= 0.6 is 0 Å². The molecule has 1 N–H and O–H groups in total. The van der Waals surface area contributed by atoms with E-state index >= 15 is 0 Å². The van der Waals surface area contributed by atoms with E-state index in [1.54, 1.807) is 6.92 Å². The first-order valence-corrected chi connectivity index (χ1v) is 11.5. The van der Waals surface area contributed by atoms with Crippen molar-refractivity contribution in [3.63, 3.8) is 0 Å². The van der Waals surface area contributed by atoms with Crippen molar-refractivity contribution in [3.05, 3.63) is 35.4 Å². The fourth-order valence-corrected chi connectivity index (χ4v) is 4.63. The molecular formula is C19H30N4O5S. The minimum Gasteiger partial charge on any atom is -0.450 e. The lowest BCUT2D eigenvalue weighted by molar-refractivity contribution is 0.0341. The Labute approximate surface area is 172 Å². The van der Waals surface area contributed by atoms with E-state index in [4.69, 9.17) is 9.47 Å². The monoisotopic (exact) mass is 426 g/mol. The van der Waals surface area contributed by atoms with Gasteiger partial charge in [0.25, 0.3) is 10.2 Å². The lowest BCUT2D eigenvalue weighted by atomic mass is 10.1. The first-order chi connectivity index (χ1) is 14.0. The molecule has 0 atom stereocenters. The molecule has 2 heterocycles. The summed E-state index contributed by atoms with van der Waals surface area (Å²) in [4.78, 5) is 15.6. The van der Waals surface area contributed by atoms with Gasteiger partial charge < -0.3 is 14.4 Å². The molecule has 9 nitrogen and oxygen atoms in total. The first kappa shape index (κ1) is 22.0. The van der Waals surface area contributed by atoms with E-state index in [9.17, 15) is 13.2 Å². The number of carbonyl (C=O) groups excluding carboxylic acids is 1. The topological polar surface area (TPSA) is 91.4 Å². The molecule has 10 heteroatoms. The number of carbonyl (C=O) groups is 1. The maximum Gasteiger partial charge on any atom is 0.409 e. The molecule has 1 aromatic rings. The average Bonchev–Trinajstić information content (AvgIpc) is 2.74. The SMILES string of the molecule is CCOC(=O)N1CCN(S(=O)(=O)NCc2ccccc2CN2CCOCC2)CC1. The molecule has 0 aromatic heterocycles. The summed E-state index contributed by atoms with van der Waals surface area (Å²) >= 11 is 0. The molecule has 2 fully saturated rings. The lowest BCUT2D eigenvalue weighted by Gasteiger charge is -2.33. The summed E-state index contributed by atoms with van der Waals surface area (Å²) in [5.41, 5.74) is 2.08. The number of ether oxygens (including phenoxy) is 2. The molecule has 0 radical (unpaired) electrons. The fraction of sp³-hybridized carbons (Fsp3) is 0.632. The van der Waals surface area contributed by atoms with Crippen molar-refractivity contribution in [3.8, 4) is 0 Å². The molecule has 0 saturated carbocycles. The summed E-state index contributed by atoms with van der Waals surface area (Å²) in [6, 6.07) is 7.89. The highest BCUT2D eigenvalue weighted by Gasteiger charge is 2.29. The normalized spacial score (nSPS) is 19.3. The van der Waals surface area contributed by atoms with Crippen molar-refractivity contribution in [1.82, 2.24) is 18.8 Å². The van der Waals surface area contributed by atoms with Gasteiger partial charge in [0, 0.05) is 52.4 Å². The van der Waals surface area contributed by atoms with Gasteiger partial charge in [0.1, 0.15) is 0 Å². The number of nitrogens with zero attached hydrogens (tertiary/aromatic N) is 3. The van der Waals surface area contributed by atoms with E-state index in [0.29, 0.717) is 19.7 Å². The molecular weight excluding hydrogens is 396 g/mol. The Morgan fingerprint density at radius 2 is 1.72 bits per heavy atom. The van der Waals surface area contributed by atoms with Crippen LogP contribution in [0.2, 0.25) is 0 Å². The highest BCUT2D eigenvalue weighted by Crippen LogP contribution is 2.14. The number of morpholine rings is 1. The predicted molar refractivity (Wildman–Crippen MR) is 108 cm³/mol. The van der Waals surface area contributed by atoms with Gasteiger partial charge in [-0.15, -0.1) is 0 Å². The number of hydrogen-bond acceptors (Lipinski definition) is 6. The van der Waals surface area contributed by atoms with Crippen LogP contribution in [0.25, 0.3) is 0 Å². The average molecular weight is 427 g/mol. The number of benzene rings is 1. The van der Waals surface area contributed by atoms with E-state index in [1.165, 1.54) is 9.21 Å². The van der Waals surface area contributed by atoms with Crippen LogP contribution < -0.4 is 4.72 Å². The van der Waals surface area contributed by atoms with Crippen molar-refractivity contribution >= 4 is 16.3 Å². The van der Waals surface area contributed by atoms with Crippen LogP contribution in [0.1, 0.15) is 18.1 Å². The highest BCUT2D eigenvalue weighted by atomic mass is 32.2. The van der Waals surface area contributed by atoms with E-state index < -0.39 is 16.3 Å². The van der Waals surface area contributed by atoms with Gasteiger partial charge in [-0.05, 0) is 18.1 Å². The van der Waals surface area contributed by atoms with Crippen molar-refractivity contribution in [2.45, 2.75) is 20.0 Å². The standard InChI is InChI=1S/C19H30N4O5S/c1-2-28-19(24)22-7-9-23(10-8-22)29(25,26)20-15-17-5-3-4-6-18(17)16-21-11-13-27-14-12-21/h3-6,20H,2,7-16H2,1H3. The number of amides is 1. The van der Waals surface area contributed by atoms with E-state index in [-0.39, 0.29) is 19.6 Å². The Balaban J connectivity index is 1.55. The summed E-state index contributed by atoms with van der Waals surface area (Å²) < 4.78 is 39.9. The van der Waals surface area contributed by atoms with Crippen molar-refractivity contribution in [2.75, 3.05) is 59.1 Å². The minimum atomic E-state index is -3.62. The molecule has 0 bridgehead atoms. The first-order valence-electron chi connectivity index (χ1n) is 10.0. The third kappa shape index (κ3) is 6.13. The van der Waals surface area contributed by atoms with Gasteiger partial charge in [0.05, 0.1) is 19.8 Å². The third-order valence-electron chi connectivity index (χ3n) is 5.17. The zero-order chi connectivity index (χ0) is 20.7. The number of nitrogens with one attached hydrogen (secondary N) is 1. The molecule has 0 spiro atoms. The van der Waals surface area contributed by atoms with Gasteiger partial charge in [-0.2, -0.15) is 17.4 Å². The summed E-state index contributed by atoms with van der Waals surface area (Å²) in [5, 5.41) is 0. The van der Waals surface area contributed by atoms with Gasteiger partial charge in [0.2, 0.25) is 0 Å². The van der Waals surface area contributed by atoms with Gasteiger partial charge >= 0.3 is 6.09 Å². The molecule has 2 saturated heterocycles. The smallest absolute Gasteiger partial charge is 0.409 e. The Hall–Kier alpha value is -1.72. The van der Waals surface area contributed by atoms with Crippen LogP contribution in [0.15, 0.2) is 24.3 Å². The highest BCUT2D eigenvalue weighted by molar-refractivity contribution is 7.87. The van der Waals surface area contributed by atoms with E-state index in [1.807, 2.05) is 24.3 Å². The largest absolute Gasteiger partial charge is 0.450 e. The molecule has 2 aliphatic heterocycles. The van der Waals surface area contributed by atoms with Crippen LogP contribution in [0.5, 0.6) is 0 Å². The van der Waals surface area contributed by atoms with Crippen LogP contribution in [0, 0.1) is 0 Å². The number of hydrogen-bond donors (Lipinski definition) is 1. The molecule has 29 heavy (non-hydrogen) atoms. The van der Waals surface area contributed by atoms with Crippen molar-refractivity contribution < 1.29 is 22.7 Å². The Morgan fingerprint density at radius 3 is 2.38 bits per heavy atom. The van der Waals surface area contributed by atoms with E-state index in [0.717, 1.165) is 44.0 Å². The summed E-state index contributed by atoms with van der Waals surface area (Å²) in [5.74, 6) is 0. The van der Waals surface area contributed by atoms with Crippen LogP contribution in [-0.4, -0.2) is 87.7 Å². The predicted octanol–water partition coefficient (Wildman–Crippen LogP) is 0.627. The van der Waals surface area contributed by atoms with Crippen LogP contribution in [0.3, 0.4) is 0 Å². The summed E-state index contributed by atoms with van der Waals surface area (Å²) in [6.07, 6.45) is -0.394. The molecule has 0 unspecified atom stereocenters. The summed E-state index contributed by atoms with van der Waals surface area (Å²) in [6.45, 7) is 7.45. The quantitative estimate of drug-likeness (QED) is 0.688. The fourth-order valence-electron chi connectivity index (χ4n) is 3.47. The second-order valence-corrected chi connectivity index (χ2v) is 8.82. The van der Waals surface area contributed by atoms with Gasteiger partial charge in [-0.1, -0.05) is 24.3 Å². The third-order valence-corrected chi connectivity index (χ3v) is 6.72. The second kappa shape index (κ2) is 10.4. The van der Waals surface area contributed by atoms with Crippen LogP contribution in [-0.2, 0) is 32.8 Å². The van der Waals surface area contributed by atoms with Gasteiger partial charge in [-0.25, -0.2) is 4.79 Å². The number of rotatable bonds is 7. The minimum absolute atomic E-state index is 0.237. The molecule has 3 rings (SSSR count). The van der Waals surface area contributed by atoms with Crippen molar-refractivity contribution in [2.24, 2.45) is 0 Å². The molecule has 162 valence electrons. The van der Waals surface area contributed by atoms with Crippen molar-refractivity contribution in [1.29, 1.82) is 0 Å². The zero-order valence-corrected chi connectivity index (χ0v) is 17.7. The maximum absolute atomic E-state index is 12.7. The van der Waals surface area contributed by atoms with Crippen LogP contribution in [0.4, 0.5) is 4.79 Å². The molecule has 0 aliphatic carbocycles. The number of piperazine rings is 1. The maximum atomic E-state index is 12.7. The Morgan fingerprint density at radius 1 is 1.07 bits per heavy atom.